The van der Waals surface area contributed by atoms with Crippen LogP contribution in [0, 0.1) is 0 Å². The Morgan fingerprint density at radius 2 is 1.83 bits per heavy atom. The maximum absolute atomic E-state index is 12.1. The average Bonchev–Trinajstić information content (AvgIpc) is 3.20. The summed E-state index contributed by atoms with van der Waals surface area (Å²) in [5.41, 5.74) is 11.0. The molecule has 30 heavy (non-hydrogen) atoms. The second-order valence-corrected chi connectivity index (χ2v) is 6.31. The number of rotatable bonds is 13. The number of primary amides is 1. The summed E-state index contributed by atoms with van der Waals surface area (Å²) < 4.78 is 0. The average molecular weight is 427 g/mol. The number of imidazole rings is 1. The molecule has 1 aromatic rings. The standard InChI is InChI=1S/C16H25N7O7/c17-9(1-2-12(18)25)14(27)23-11(6-24)15(28)20-5-13(26)22-10(16(29)30)3-8-4-19-7-21-8/h4,7,9-11,24H,1-3,5-6,17H2,(H2,18,25)(H,19,21)(H,20,28)(H,22,26)(H,23,27)(H,29,30). The molecule has 0 aliphatic rings. The molecule has 0 aliphatic heterocycles. The molecule has 14 nitrogen and oxygen atoms in total. The summed E-state index contributed by atoms with van der Waals surface area (Å²) in [6.07, 6.45) is 2.55. The Labute approximate surface area is 170 Å². The molecule has 0 aliphatic carbocycles. The molecule has 1 heterocycles. The number of hydrogen-bond acceptors (Lipinski definition) is 8. The number of carboxylic acids is 1. The van der Waals surface area contributed by atoms with E-state index in [4.69, 9.17) is 11.5 Å². The molecule has 1 aromatic heterocycles. The van der Waals surface area contributed by atoms with Gasteiger partial charge in [-0.3, -0.25) is 19.2 Å². The van der Waals surface area contributed by atoms with Crippen molar-refractivity contribution >= 4 is 29.6 Å². The summed E-state index contributed by atoms with van der Waals surface area (Å²) in [5, 5.41) is 25.1. The number of aliphatic carboxylic acids is 1. The third kappa shape index (κ3) is 8.66. The summed E-state index contributed by atoms with van der Waals surface area (Å²) in [7, 11) is 0. The van der Waals surface area contributed by atoms with Crippen molar-refractivity contribution in [2.45, 2.75) is 37.4 Å². The van der Waals surface area contributed by atoms with Crippen molar-refractivity contribution in [1.82, 2.24) is 25.9 Å². The highest BCUT2D eigenvalue weighted by Crippen LogP contribution is 1.99. The third-order valence-corrected chi connectivity index (χ3v) is 3.89. The Morgan fingerprint density at radius 3 is 2.37 bits per heavy atom. The number of carbonyl (C=O) groups is 5. The molecular formula is C16H25N7O7. The van der Waals surface area contributed by atoms with E-state index in [2.05, 4.69) is 25.9 Å². The first-order chi connectivity index (χ1) is 14.1. The minimum absolute atomic E-state index is 0.0454. The third-order valence-electron chi connectivity index (χ3n) is 3.89. The molecule has 3 atom stereocenters. The molecule has 0 aromatic carbocycles. The molecule has 14 heteroatoms. The number of nitrogens with two attached hydrogens (primary N) is 2. The summed E-state index contributed by atoms with van der Waals surface area (Å²) >= 11 is 0. The van der Waals surface area contributed by atoms with Crippen molar-refractivity contribution in [2.75, 3.05) is 13.2 Å². The minimum Gasteiger partial charge on any atom is -0.480 e. The predicted molar refractivity (Wildman–Crippen MR) is 100 cm³/mol. The van der Waals surface area contributed by atoms with Gasteiger partial charge < -0.3 is 42.6 Å². The van der Waals surface area contributed by atoms with Crippen LogP contribution in [0.25, 0.3) is 0 Å². The zero-order valence-corrected chi connectivity index (χ0v) is 16.0. The largest absolute Gasteiger partial charge is 0.480 e. The molecule has 0 spiro atoms. The fraction of sp³-hybridized carbons (Fsp3) is 0.500. The first-order valence-corrected chi connectivity index (χ1v) is 8.86. The number of H-pyrrole nitrogens is 1. The highest BCUT2D eigenvalue weighted by Gasteiger charge is 2.25. The second-order valence-electron chi connectivity index (χ2n) is 6.31. The van der Waals surface area contributed by atoms with Crippen molar-refractivity contribution in [3.05, 3.63) is 18.2 Å². The summed E-state index contributed by atoms with van der Waals surface area (Å²) in [6.45, 7) is -1.37. The van der Waals surface area contributed by atoms with Gasteiger partial charge in [-0.15, -0.1) is 0 Å². The number of aliphatic hydroxyl groups excluding tert-OH is 1. The maximum Gasteiger partial charge on any atom is 0.326 e. The van der Waals surface area contributed by atoms with E-state index in [-0.39, 0.29) is 19.3 Å². The summed E-state index contributed by atoms with van der Waals surface area (Å²) in [6, 6.07) is -3.78. The lowest BCUT2D eigenvalue weighted by Crippen LogP contribution is -2.55. The molecular weight excluding hydrogens is 402 g/mol. The van der Waals surface area contributed by atoms with Crippen LogP contribution in [0.15, 0.2) is 12.5 Å². The van der Waals surface area contributed by atoms with E-state index in [1.807, 2.05) is 0 Å². The van der Waals surface area contributed by atoms with E-state index in [0.29, 0.717) is 5.69 Å². The Balaban J connectivity index is 2.50. The Morgan fingerprint density at radius 1 is 1.13 bits per heavy atom. The van der Waals surface area contributed by atoms with E-state index in [9.17, 15) is 34.2 Å². The van der Waals surface area contributed by atoms with Gasteiger partial charge >= 0.3 is 5.97 Å². The highest BCUT2D eigenvalue weighted by molar-refractivity contribution is 5.92. The van der Waals surface area contributed by atoms with Crippen LogP contribution >= 0.6 is 0 Å². The quantitative estimate of drug-likeness (QED) is 0.151. The molecule has 3 unspecified atom stereocenters. The van der Waals surface area contributed by atoms with Gasteiger partial charge in [-0.25, -0.2) is 9.78 Å². The molecule has 0 fully saturated rings. The topological polar surface area (TPSA) is 243 Å². The van der Waals surface area contributed by atoms with E-state index >= 15 is 0 Å². The number of aliphatic hydroxyl groups is 1. The molecule has 1 rings (SSSR count). The summed E-state index contributed by atoms with van der Waals surface area (Å²) in [4.78, 5) is 64.4. The van der Waals surface area contributed by atoms with Crippen LogP contribution in [0.5, 0.6) is 0 Å². The van der Waals surface area contributed by atoms with E-state index in [0.717, 1.165) is 0 Å². The Kier molecular flexibility index (Phi) is 9.91. The predicted octanol–water partition coefficient (Wildman–Crippen LogP) is -4.29. The number of amides is 4. The van der Waals surface area contributed by atoms with Crippen LogP contribution in [-0.2, 0) is 30.4 Å². The van der Waals surface area contributed by atoms with Crippen LogP contribution in [-0.4, -0.2) is 81.1 Å². The van der Waals surface area contributed by atoms with Gasteiger partial charge in [-0.2, -0.15) is 0 Å². The van der Waals surface area contributed by atoms with Gasteiger partial charge in [0.15, 0.2) is 0 Å². The minimum atomic E-state index is -1.40. The van der Waals surface area contributed by atoms with Gasteiger partial charge in [-0.05, 0) is 6.42 Å². The Bertz CT molecular complexity index is 753. The highest BCUT2D eigenvalue weighted by atomic mass is 16.4. The van der Waals surface area contributed by atoms with Crippen molar-refractivity contribution in [2.24, 2.45) is 11.5 Å². The van der Waals surface area contributed by atoms with Gasteiger partial charge in [0, 0.05) is 24.7 Å². The van der Waals surface area contributed by atoms with Crippen molar-refractivity contribution in [1.29, 1.82) is 0 Å². The monoisotopic (exact) mass is 427 g/mol. The van der Waals surface area contributed by atoms with Crippen molar-refractivity contribution in [3.63, 3.8) is 0 Å². The lowest BCUT2D eigenvalue weighted by atomic mass is 10.1. The summed E-state index contributed by atoms with van der Waals surface area (Å²) in [5.74, 6) is -4.40. The molecule has 4 amide bonds. The molecule has 0 radical (unpaired) electrons. The van der Waals surface area contributed by atoms with E-state index < -0.39 is 60.9 Å². The van der Waals surface area contributed by atoms with E-state index in [1.165, 1.54) is 12.5 Å². The van der Waals surface area contributed by atoms with Gasteiger partial charge in [0.05, 0.1) is 25.5 Å². The second kappa shape index (κ2) is 12.1. The zero-order valence-electron chi connectivity index (χ0n) is 16.0. The molecule has 0 saturated carbocycles. The lowest BCUT2D eigenvalue weighted by Gasteiger charge is -2.19. The van der Waals surface area contributed by atoms with Crippen molar-refractivity contribution in [3.8, 4) is 0 Å². The van der Waals surface area contributed by atoms with Gasteiger partial charge in [-0.1, -0.05) is 0 Å². The fourth-order valence-corrected chi connectivity index (χ4v) is 2.25. The van der Waals surface area contributed by atoms with Gasteiger partial charge in [0.1, 0.15) is 12.1 Å². The SMILES string of the molecule is NC(=O)CCC(N)C(=O)NC(CO)C(=O)NCC(=O)NC(Cc1cnc[nH]1)C(=O)O. The smallest absolute Gasteiger partial charge is 0.326 e. The van der Waals surface area contributed by atoms with Gasteiger partial charge in [0.25, 0.3) is 0 Å². The number of aromatic nitrogens is 2. The molecule has 166 valence electrons. The first kappa shape index (κ1) is 24.5. The fourth-order valence-electron chi connectivity index (χ4n) is 2.25. The number of aromatic amines is 1. The number of nitrogens with one attached hydrogen (secondary N) is 4. The van der Waals surface area contributed by atoms with Crippen molar-refractivity contribution < 1.29 is 34.2 Å². The van der Waals surface area contributed by atoms with E-state index in [1.54, 1.807) is 0 Å². The van der Waals surface area contributed by atoms with Crippen LogP contribution in [0.4, 0.5) is 0 Å². The first-order valence-electron chi connectivity index (χ1n) is 8.86. The number of carbonyl (C=O) groups excluding carboxylic acids is 4. The number of carboxylic acid groups (broad SMARTS) is 1. The normalized spacial score (nSPS) is 13.5. The zero-order chi connectivity index (χ0) is 22.7. The Hall–Kier alpha value is -3.52. The molecule has 0 bridgehead atoms. The number of hydrogen-bond donors (Lipinski definition) is 8. The lowest BCUT2D eigenvalue weighted by molar-refractivity contribution is -0.141. The van der Waals surface area contributed by atoms with Crippen LogP contribution < -0.4 is 27.4 Å². The van der Waals surface area contributed by atoms with Crippen LogP contribution in [0.1, 0.15) is 18.5 Å². The van der Waals surface area contributed by atoms with Gasteiger partial charge in [0.2, 0.25) is 23.6 Å². The van der Waals surface area contributed by atoms with Crippen LogP contribution in [0.3, 0.4) is 0 Å². The maximum atomic E-state index is 12.1. The molecule has 0 saturated heterocycles. The number of nitrogens with zero attached hydrogens (tertiary/aromatic N) is 1. The molecule has 10 N–H and O–H groups in total. The van der Waals surface area contributed by atoms with Crippen LogP contribution in [0.2, 0.25) is 0 Å².